The predicted molar refractivity (Wildman–Crippen MR) is 61.8 cm³/mol. The van der Waals surface area contributed by atoms with E-state index in [1.807, 2.05) is 31.2 Å². The van der Waals surface area contributed by atoms with Crippen LogP contribution in [0.1, 0.15) is 12.5 Å². The SMILES string of the molecule is CNC(C)(COc1ccccc1C)C(=O)O. The van der Waals surface area contributed by atoms with E-state index in [2.05, 4.69) is 5.32 Å². The third-order valence-corrected chi connectivity index (χ3v) is 2.63. The van der Waals surface area contributed by atoms with Crippen LogP contribution in [0.25, 0.3) is 0 Å². The maximum absolute atomic E-state index is 11.0. The second-order valence-corrected chi connectivity index (χ2v) is 3.94. The van der Waals surface area contributed by atoms with Crippen LogP contribution in [-0.2, 0) is 4.79 Å². The Balaban J connectivity index is 2.71. The van der Waals surface area contributed by atoms with Gasteiger partial charge in [0.2, 0.25) is 0 Å². The molecule has 1 aromatic carbocycles. The molecule has 0 bridgehead atoms. The molecule has 0 aliphatic rings. The van der Waals surface area contributed by atoms with Crippen molar-refractivity contribution in [2.45, 2.75) is 19.4 Å². The fourth-order valence-corrected chi connectivity index (χ4v) is 1.18. The molecule has 2 N–H and O–H groups in total. The molecule has 0 aromatic heterocycles. The predicted octanol–water partition coefficient (Wildman–Crippen LogP) is 1.44. The summed E-state index contributed by atoms with van der Waals surface area (Å²) in [5, 5.41) is 11.8. The number of ether oxygens (including phenoxy) is 1. The zero-order chi connectivity index (χ0) is 12.2. The van der Waals surface area contributed by atoms with E-state index in [1.165, 1.54) is 0 Å². The number of aryl methyl sites for hydroxylation is 1. The number of aliphatic carboxylic acids is 1. The van der Waals surface area contributed by atoms with Gasteiger partial charge in [0.15, 0.2) is 0 Å². The molecule has 1 aromatic rings. The van der Waals surface area contributed by atoms with Crippen LogP contribution in [0.5, 0.6) is 5.75 Å². The Morgan fingerprint density at radius 1 is 1.50 bits per heavy atom. The average molecular weight is 223 g/mol. The Morgan fingerprint density at radius 2 is 2.12 bits per heavy atom. The average Bonchev–Trinajstić information content (AvgIpc) is 2.27. The summed E-state index contributed by atoms with van der Waals surface area (Å²) in [4.78, 5) is 11.0. The van der Waals surface area contributed by atoms with Gasteiger partial charge in [-0.1, -0.05) is 18.2 Å². The maximum Gasteiger partial charge on any atom is 0.327 e. The van der Waals surface area contributed by atoms with E-state index in [1.54, 1.807) is 14.0 Å². The second-order valence-electron chi connectivity index (χ2n) is 3.94. The second kappa shape index (κ2) is 4.99. The smallest absolute Gasteiger partial charge is 0.327 e. The molecule has 0 aliphatic heterocycles. The topological polar surface area (TPSA) is 58.6 Å². The molecule has 0 amide bonds. The lowest BCUT2D eigenvalue weighted by molar-refractivity contribution is -0.145. The van der Waals surface area contributed by atoms with E-state index in [9.17, 15) is 4.79 Å². The van der Waals surface area contributed by atoms with E-state index in [0.717, 1.165) is 5.56 Å². The van der Waals surface area contributed by atoms with Crippen molar-refractivity contribution < 1.29 is 14.6 Å². The number of hydrogen-bond acceptors (Lipinski definition) is 3. The van der Waals surface area contributed by atoms with Crippen LogP contribution in [0.3, 0.4) is 0 Å². The van der Waals surface area contributed by atoms with Crippen molar-refractivity contribution in [3.8, 4) is 5.75 Å². The molecule has 0 saturated heterocycles. The highest BCUT2D eigenvalue weighted by atomic mass is 16.5. The van der Waals surface area contributed by atoms with Crippen molar-refractivity contribution in [2.75, 3.05) is 13.7 Å². The third-order valence-electron chi connectivity index (χ3n) is 2.63. The fourth-order valence-electron chi connectivity index (χ4n) is 1.18. The van der Waals surface area contributed by atoms with Gasteiger partial charge in [0.25, 0.3) is 0 Å². The highest BCUT2D eigenvalue weighted by Crippen LogP contribution is 2.17. The van der Waals surface area contributed by atoms with Gasteiger partial charge in [-0.3, -0.25) is 4.79 Å². The van der Waals surface area contributed by atoms with Crippen molar-refractivity contribution in [3.05, 3.63) is 29.8 Å². The minimum Gasteiger partial charge on any atom is -0.491 e. The summed E-state index contributed by atoms with van der Waals surface area (Å²) in [6.07, 6.45) is 0. The summed E-state index contributed by atoms with van der Waals surface area (Å²) in [6.45, 7) is 3.60. The quantitative estimate of drug-likeness (QED) is 0.793. The molecule has 88 valence electrons. The van der Waals surface area contributed by atoms with E-state index in [-0.39, 0.29) is 6.61 Å². The number of carbonyl (C=O) groups is 1. The van der Waals surface area contributed by atoms with E-state index in [4.69, 9.17) is 9.84 Å². The lowest BCUT2D eigenvalue weighted by atomic mass is 10.1. The van der Waals surface area contributed by atoms with E-state index < -0.39 is 11.5 Å². The molecule has 1 rings (SSSR count). The third kappa shape index (κ3) is 2.73. The van der Waals surface area contributed by atoms with Crippen LogP contribution in [0.15, 0.2) is 24.3 Å². The van der Waals surface area contributed by atoms with Crippen LogP contribution in [0.2, 0.25) is 0 Å². The van der Waals surface area contributed by atoms with Gasteiger partial charge in [0, 0.05) is 0 Å². The molecule has 1 unspecified atom stereocenters. The maximum atomic E-state index is 11.0. The monoisotopic (exact) mass is 223 g/mol. The van der Waals surface area contributed by atoms with Crippen molar-refractivity contribution in [1.29, 1.82) is 0 Å². The van der Waals surface area contributed by atoms with Crippen LogP contribution in [0, 0.1) is 6.92 Å². The van der Waals surface area contributed by atoms with Gasteiger partial charge in [0.1, 0.15) is 17.9 Å². The Kier molecular flexibility index (Phi) is 3.90. The first-order valence-electron chi connectivity index (χ1n) is 5.10. The summed E-state index contributed by atoms with van der Waals surface area (Å²) in [5.41, 5.74) is -0.0752. The molecular weight excluding hydrogens is 206 g/mol. The lowest BCUT2D eigenvalue weighted by Crippen LogP contribution is -2.52. The highest BCUT2D eigenvalue weighted by Gasteiger charge is 2.32. The van der Waals surface area contributed by atoms with Gasteiger partial charge >= 0.3 is 5.97 Å². The van der Waals surface area contributed by atoms with Gasteiger partial charge < -0.3 is 15.2 Å². The Hall–Kier alpha value is -1.55. The molecule has 0 heterocycles. The number of hydrogen-bond donors (Lipinski definition) is 2. The van der Waals surface area contributed by atoms with Crippen molar-refractivity contribution in [1.82, 2.24) is 5.32 Å². The number of carboxylic acid groups (broad SMARTS) is 1. The first kappa shape index (κ1) is 12.5. The van der Waals surface area contributed by atoms with Crippen LogP contribution >= 0.6 is 0 Å². The highest BCUT2D eigenvalue weighted by molar-refractivity contribution is 5.78. The molecule has 0 spiro atoms. The zero-order valence-electron chi connectivity index (χ0n) is 9.78. The first-order chi connectivity index (χ1) is 7.49. The number of nitrogens with one attached hydrogen (secondary N) is 1. The molecule has 4 nitrogen and oxygen atoms in total. The van der Waals surface area contributed by atoms with E-state index >= 15 is 0 Å². The number of likely N-dealkylation sites (N-methyl/N-ethyl adjacent to an activating group) is 1. The Bertz CT molecular complexity index is 378. The molecular formula is C12H17NO3. The molecule has 16 heavy (non-hydrogen) atoms. The molecule has 0 fully saturated rings. The van der Waals surface area contributed by atoms with Gasteiger partial charge in [-0.15, -0.1) is 0 Å². The van der Waals surface area contributed by atoms with Crippen molar-refractivity contribution in [2.24, 2.45) is 0 Å². The number of para-hydroxylation sites is 1. The fraction of sp³-hybridized carbons (Fsp3) is 0.417. The summed E-state index contributed by atoms with van der Waals surface area (Å²) < 4.78 is 5.51. The molecule has 4 heteroatoms. The largest absolute Gasteiger partial charge is 0.491 e. The minimum absolute atomic E-state index is 0.0870. The zero-order valence-corrected chi connectivity index (χ0v) is 9.78. The minimum atomic E-state index is -1.07. The molecule has 1 atom stereocenters. The lowest BCUT2D eigenvalue weighted by Gasteiger charge is -2.24. The summed E-state index contributed by atoms with van der Waals surface area (Å²) >= 11 is 0. The number of carboxylic acids is 1. The van der Waals surface area contributed by atoms with E-state index in [0.29, 0.717) is 5.75 Å². The Labute approximate surface area is 95.2 Å². The van der Waals surface area contributed by atoms with Gasteiger partial charge in [-0.2, -0.15) is 0 Å². The number of rotatable bonds is 5. The van der Waals surface area contributed by atoms with Crippen LogP contribution < -0.4 is 10.1 Å². The summed E-state index contributed by atoms with van der Waals surface area (Å²) in [7, 11) is 1.61. The summed E-state index contributed by atoms with van der Waals surface area (Å²) in [6, 6.07) is 7.52. The van der Waals surface area contributed by atoms with Gasteiger partial charge in [-0.05, 0) is 32.5 Å². The molecule has 0 aliphatic carbocycles. The standard InChI is InChI=1S/C12H17NO3/c1-9-6-4-5-7-10(9)16-8-12(2,13-3)11(14)15/h4-7,13H,8H2,1-3H3,(H,14,15). The summed E-state index contributed by atoms with van der Waals surface area (Å²) in [5.74, 6) is -0.214. The number of benzene rings is 1. The van der Waals surface area contributed by atoms with Gasteiger partial charge in [-0.25, -0.2) is 0 Å². The van der Waals surface area contributed by atoms with Crippen molar-refractivity contribution >= 4 is 5.97 Å². The van der Waals surface area contributed by atoms with Crippen LogP contribution in [-0.4, -0.2) is 30.3 Å². The van der Waals surface area contributed by atoms with Gasteiger partial charge in [0.05, 0.1) is 0 Å². The molecule has 0 saturated carbocycles. The normalized spacial score (nSPS) is 14.2. The Morgan fingerprint density at radius 3 is 2.62 bits per heavy atom. The molecule has 0 radical (unpaired) electrons. The van der Waals surface area contributed by atoms with Crippen LogP contribution in [0.4, 0.5) is 0 Å². The van der Waals surface area contributed by atoms with Crippen molar-refractivity contribution in [3.63, 3.8) is 0 Å². The first-order valence-corrected chi connectivity index (χ1v) is 5.10.